The second kappa shape index (κ2) is 14.1. The van der Waals surface area contributed by atoms with Gasteiger partial charge < -0.3 is 19.7 Å². The fraction of sp³-hybridized carbons (Fsp3) is 0.600. The van der Waals surface area contributed by atoms with Gasteiger partial charge in [0.25, 0.3) is 11.1 Å². The number of ether oxygens (including phenoxy) is 2. The predicted octanol–water partition coefficient (Wildman–Crippen LogP) is 3.54. The second-order valence-electron chi connectivity index (χ2n) is 9.52. The first-order valence-electron chi connectivity index (χ1n) is 12.2. The molecule has 10 nitrogen and oxygen atoms in total. The average molecular weight is 523 g/mol. The van der Waals surface area contributed by atoms with Crippen LogP contribution < -0.4 is 21.1 Å². The Balaban J connectivity index is 1.89. The molecule has 36 heavy (non-hydrogen) atoms. The van der Waals surface area contributed by atoms with Gasteiger partial charge in [0.05, 0.1) is 11.9 Å². The van der Waals surface area contributed by atoms with E-state index in [1.54, 1.807) is 32.6 Å². The Morgan fingerprint density at radius 2 is 1.86 bits per heavy atom. The molecular formula is C25H38N4O6S. The van der Waals surface area contributed by atoms with Crippen molar-refractivity contribution in [3.63, 3.8) is 0 Å². The first kappa shape index (κ1) is 29.4. The third-order valence-electron chi connectivity index (χ3n) is 5.33. The van der Waals surface area contributed by atoms with Crippen LogP contribution in [-0.4, -0.2) is 59.8 Å². The van der Waals surface area contributed by atoms with Crippen LogP contribution >= 0.6 is 11.8 Å². The number of hydrogen-bond donors (Lipinski definition) is 3. The number of amides is 4. The highest BCUT2D eigenvalue weighted by Crippen LogP contribution is 2.27. The van der Waals surface area contributed by atoms with Gasteiger partial charge in [-0.25, -0.2) is 4.79 Å². The number of benzene rings is 1. The topological polar surface area (TPSA) is 126 Å². The third kappa shape index (κ3) is 9.69. The number of unbranched alkanes of at least 4 members (excludes halogenated alkanes) is 1. The summed E-state index contributed by atoms with van der Waals surface area (Å²) in [7, 11) is 0. The lowest BCUT2D eigenvalue weighted by molar-refractivity contribution is -0.127. The number of nitrogens with zero attached hydrogens (tertiary/aromatic N) is 1. The van der Waals surface area contributed by atoms with Crippen LogP contribution in [0.3, 0.4) is 0 Å². The number of carbonyl (C=O) groups is 4. The number of aryl methyl sites for hydroxylation is 1. The Hall–Kier alpha value is -2.79. The van der Waals surface area contributed by atoms with Gasteiger partial charge in [0.1, 0.15) is 11.6 Å². The van der Waals surface area contributed by atoms with Crippen LogP contribution in [0.4, 0.5) is 15.3 Å². The standard InChI is InChI=1S/C25H38N4O6S/c1-6-7-15-34-17(2)21(26-23(32)35-25(3,4)5)22(31)27-28-24(33)36-16-20(30)29-14-10-12-18-11-8-9-13-19(18)29/h8-9,11,13,17,21H,6-7,10,12,14-16H2,1-5H3,(H,26,32)(H,27,31)(H,28,33)/t17?,21-/m0/s1. The molecule has 1 aliphatic rings. The Labute approximate surface area is 217 Å². The minimum atomic E-state index is -1.10. The van der Waals surface area contributed by atoms with Crippen LogP contribution in [0, 0.1) is 0 Å². The molecule has 1 aromatic rings. The maximum atomic E-state index is 12.8. The van der Waals surface area contributed by atoms with E-state index in [0.29, 0.717) is 13.2 Å². The molecule has 1 aliphatic heterocycles. The molecule has 3 N–H and O–H groups in total. The zero-order chi connectivity index (χ0) is 26.7. The Bertz CT molecular complexity index is 920. The normalized spacial score (nSPS) is 14.8. The van der Waals surface area contributed by atoms with E-state index in [9.17, 15) is 19.2 Å². The number of hydrazine groups is 1. The summed E-state index contributed by atoms with van der Waals surface area (Å²) in [5, 5.41) is 1.91. The van der Waals surface area contributed by atoms with E-state index >= 15 is 0 Å². The lowest BCUT2D eigenvalue weighted by Crippen LogP contribution is -2.57. The molecule has 2 rings (SSSR count). The van der Waals surface area contributed by atoms with E-state index in [1.807, 2.05) is 31.2 Å². The monoisotopic (exact) mass is 522 g/mol. The molecule has 1 heterocycles. The Morgan fingerprint density at radius 1 is 1.14 bits per heavy atom. The predicted molar refractivity (Wildman–Crippen MR) is 140 cm³/mol. The summed E-state index contributed by atoms with van der Waals surface area (Å²) in [4.78, 5) is 51.8. The van der Waals surface area contributed by atoms with Gasteiger partial charge in [0.15, 0.2) is 0 Å². The number of alkyl carbamates (subject to hydrolysis) is 1. The lowest BCUT2D eigenvalue weighted by atomic mass is 10.0. The van der Waals surface area contributed by atoms with Crippen molar-refractivity contribution in [3.05, 3.63) is 29.8 Å². The second-order valence-corrected chi connectivity index (χ2v) is 10.5. The number of thioether (sulfide) groups is 1. The van der Waals surface area contributed by atoms with E-state index in [4.69, 9.17) is 9.47 Å². The van der Waals surface area contributed by atoms with Gasteiger partial charge >= 0.3 is 6.09 Å². The van der Waals surface area contributed by atoms with Crippen molar-refractivity contribution in [1.82, 2.24) is 16.2 Å². The average Bonchev–Trinajstić information content (AvgIpc) is 2.83. The maximum absolute atomic E-state index is 12.8. The van der Waals surface area contributed by atoms with Crippen molar-refractivity contribution in [3.8, 4) is 0 Å². The van der Waals surface area contributed by atoms with Crippen LogP contribution in [0.15, 0.2) is 24.3 Å². The zero-order valence-electron chi connectivity index (χ0n) is 21.7. The number of carbonyl (C=O) groups excluding carboxylic acids is 4. The van der Waals surface area contributed by atoms with Gasteiger partial charge in [-0.05, 0) is 58.6 Å². The minimum Gasteiger partial charge on any atom is -0.444 e. The lowest BCUT2D eigenvalue weighted by Gasteiger charge is -2.29. The van der Waals surface area contributed by atoms with Crippen LogP contribution in [-0.2, 0) is 25.5 Å². The summed E-state index contributed by atoms with van der Waals surface area (Å²) in [5.41, 5.74) is 5.83. The third-order valence-corrected chi connectivity index (χ3v) is 6.08. The smallest absolute Gasteiger partial charge is 0.408 e. The molecular weight excluding hydrogens is 484 g/mol. The molecule has 4 amide bonds. The fourth-order valence-electron chi connectivity index (χ4n) is 3.56. The first-order chi connectivity index (χ1) is 17.0. The summed E-state index contributed by atoms with van der Waals surface area (Å²) in [5.74, 6) is -0.933. The zero-order valence-corrected chi connectivity index (χ0v) is 22.5. The molecule has 11 heteroatoms. The first-order valence-corrected chi connectivity index (χ1v) is 13.2. The van der Waals surface area contributed by atoms with Gasteiger partial charge in [-0.2, -0.15) is 0 Å². The molecule has 1 aromatic carbocycles. The highest BCUT2D eigenvalue weighted by molar-refractivity contribution is 8.14. The van der Waals surface area contributed by atoms with Gasteiger partial charge in [-0.1, -0.05) is 43.3 Å². The molecule has 0 aliphatic carbocycles. The molecule has 0 saturated heterocycles. The van der Waals surface area contributed by atoms with Crippen LogP contribution in [0.5, 0.6) is 0 Å². The maximum Gasteiger partial charge on any atom is 0.408 e. The Kier molecular flexibility index (Phi) is 11.5. The van der Waals surface area contributed by atoms with Crippen molar-refractivity contribution in [1.29, 1.82) is 0 Å². The van der Waals surface area contributed by atoms with Crippen LogP contribution in [0.2, 0.25) is 0 Å². The molecule has 0 aromatic heterocycles. The van der Waals surface area contributed by atoms with Crippen molar-refractivity contribution >= 4 is 40.6 Å². The van der Waals surface area contributed by atoms with Crippen molar-refractivity contribution in [2.45, 2.75) is 78.0 Å². The number of nitrogens with one attached hydrogen (secondary N) is 3. The number of anilines is 1. The molecule has 0 saturated carbocycles. The summed E-state index contributed by atoms with van der Waals surface area (Å²) in [6, 6.07) is 6.62. The summed E-state index contributed by atoms with van der Waals surface area (Å²) in [6.07, 6.45) is 2.04. The fourth-order valence-corrected chi connectivity index (χ4v) is 4.10. The quantitative estimate of drug-likeness (QED) is 0.334. The molecule has 0 bridgehead atoms. The molecule has 1 unspecified atom stereocenters. The van der Waals surface area contributed by atoms with Gasteiger partial charge in [0, 0.05) is 18.8 Å². The number of rotatable bonds is 9. The minimum absolute atomic E-state index is 0.0772. The number of hydrogen-bond acceptors (Lipinski definition) is 7. The Morgan fingerprint density at radius 3 is 2.56 bits per heavy atom. The van der Waals surface area contributed by atoms with Gasteiger partial charge in [-0.3, -0.25) is 25.2 Å². The van der Waals surface area contributed by atoms with Crippen LogP contribution in [0.25, 0.3) is 0 Å². The number of para-hydroxylation sites is 1. The van der Waals surface area contributed by atoms with Gasteiger partial charge in [-0.15, -0.1) is 0 Å². The molecule has 2 atom stereocenters. The number of fused-ring (bicyclic) bond motifs is 1. The molecule has 0 fully saturated rings. The van der Waals surface area contributed by atoms with Crippen molar-refractivity contribution < 1.29 is 28.7 Å². The largest absolute Gasteiger partial charge is 0.444 e. The summed E-state index contributed by atoms with van der Waals surface area (Å²) < 4.78 is 10.9. The highest BCUT2D eigenvalue weighted by Gasteiger charge is 2.30. The molecule has 0 spiro atoms. The van der Waals surface area contributed by atoms with E-state index in [2.05, 4.69) is 16.2 Å². The molecule has 200 valence electrons. The molecule has 0 radical (unpaired) electrons. The summed E-state index contributed by atoms with van der Waals surface area (Å²) >= 11 is 0.754. The van der Waals surface area contributed by atoms with E-state index in [0.717, 1.165) is 48.7 Å². The van der Waals surface area contributed by atoms with Crippen LogP contribution in [0.1, 0.15) is 59.4 Å². The highest BCUT2D eigenvalue weighted by atomic mass is 32.2. The van der Waals surface area contributed by atoms with Crippen molar-refractivity contribution in [2.24, 2.45) is 0 Å². The van der Waals surface area contributed by atoms with Crippen molar-refractivity contribution in [2.75, 3.05) is 23.8 Å². The SMILES string of the molecule is CCCCOC(C)[C@H](NC(=O)OC(C)(C)C)C(=O)NNC(=O)SCC(=O)N1CCCc2ccccc21. The van der Waals surface area contributed by atoms with E-state index < -0.39 is 35.0 Å². The summed E-state index contributed by atoms with van der Waals surface area (Å²) in [6.45, 7) is 9.82. The van der Waals surface area contributed by atoms with E-state index in [-0.39, 0.29) is 11.7 Å². The van der Waals surface area contributed by atoms with Gasteiger partial charge in [0.2, 0.25) is 5.91 Å². The van der Waals surface area contributed by atoms with E-state index in [1.165, 1.54) is 0 Å².